The molecule has 5 nitrogen and oxygen atoms in total. The summed E-state index contributed by atoms with van der Waals surface area (Å²) in [5.74, 6) is 1.12. The number of hydrogen-bond donors (Lipinski definition) is 1. The van der Waals surface area contributed by atoms with Gasteiger partial charge in [0.1, 0.15) is 5.60 Å². The number of carbonyl (C=O) groups excluding carboxylic acids is 1. The monoisotopic (exact) mass is 299 g/mol. The van der Waals surface area contributed by atoms with Crippen LogP contribution < -0.4 is 5.32 Å². The van der Waals surface area contributed by atoms with Gasteiger partial charge in [0.15, 0.2) is 0 Å². The van der Waals surface area contributed by atoms with Crippen LogP contribution in [-0.4, -0.2) is 33.3 Å². The third kappa shape index (κ3) is 5.86. The smallest absolute Gasteiger partial charge is 0.408 e. The SMILES string of the molecule is CSCCCn1cncc1[C@H](C)NC(=O)OC(C)(C)C. The lowest BCUT2D eigenvalue weighted by Gasteiger charge is -2.22. The Morgan fingerprint density at radius 1 is 1.55 bits per heavy atom. The van der Waals surface area contributed by atoms with Crippen molar-refractivity contribution in [2.24, 2.45) is 0 Å². The van der Waals surface area contributed by atoms with E-state index in [1.807, 2.05) is 45.8 Å². The van der Waals surface area contributed by atoms with E-state index in [0.29, 0.717) is 0 Å². The second-order valence-corrected chi connectivity index (χ2v) is 6.71. The van der Waals surface area contributed by atoms with Crippen LogP contribution in [0.2, 0.25) is 0 Å². The van der Waals surface area contributed by atoms with E-state index in [-0.39, 0.29) is 6.04 Å². The topological polar surface area (TPSA) is 56.2 Å². The van der Waals surface area contributed by atoms with Crippen LogP contribution >= 0.6 is 11.8 Å². The number of alkyl carbamates (subject to hydrolysis) is 1. The highest BCUT2D eigenvalue weighted by Gasteiger charge is 2.19. The Labute approximate surface area is 125 Å². The quantitative estimate of drug-likeness (QED) is 0.819. The molecule has 0 aliphatic rings. The number of aryl methyl sites for hydroxylation is 1. The lowest BCUT2D eigenvalue weighted by Crippen LogP contribution is -2.34. The maximum atomic E-state index is 11.8. The lowest BCUT2D eigenvalue weighted by atomic mass is 10.2. The zero-order valence-corrected chi connectivity index (χ0v) is 13.8. The number of nitrogens with zero attached hydrogens (tertiary/aromatic N) is 2. The van der Waals surface area contributed by atoms with E-state index in [4.69, 9.17) is 4.74 Å². The molecule has 0 saturated carbocycles. The highest BCUT2D eigenvalue weighted by Crippen LogP contribution is 2.14. The van der Waals surface area contributed by atoms with Crippen LogP contribution in [0.25, 0.3) is 0 Å². The Kier molecular flexibility index (Phi) is 6.39. The van der Waals surface area contributed by atoms with Crippen LogP contribution in [0.15, 0.2) is 12.5 Å². The van der Waals surface area contributed by atoms with Gasteiger partial charge in [-0.2, -0.15) is 11.8 Å². The Bertz CT molecular complexity index is 426. The van der Waals surface area contributed by atoms with Gasteiger partial charge in [-0.05, 0) is 46.1 Å². The summed E-state index contributed by atoms with van der Waals surface area (Å²) in [5, 5.41) is 2.84. The van der Waals surface area contributed by atoms with E-state index in [1.54, 1.807) is 6.20 Å². The molecule has 1 atom stereocenters. The molecular formula is C14H25N3O2S. The molecule has 20 heavy (non-hydrogen) atoms. The van der Waals surface area contributed by atoms with E-state index < -0.39 is 11.7 Å². The molecule has 0 spiro atoms. The molecule has 1 aromatic heterocycles. The fourth-order valence-corrected chi connectivity index (χ4v) is 2.23. The number of imidazole rings is 1. The zero-order valence-electron chi connectivity index (χ0n) is 13.0. The number of aromatic nitrogens is 2. The maximum absolute atomic E-state index is 11.8. The van der Waals surface area contributed by atoms with Gasteiger partial charge in [0.05, 0.1) is 24.3 Å². The number of hydrogen-bond acceptors (Lipinski definition) is 4. The molecule has 0 aromatic carbocycles. The first-order valence-electron chi connectivity index (χ1n) is 6.82. The summed E-state index contributed by atoms with van der Waals surface area (Å²) in [5.41, 5.74) is 0.513. The van der Waals surface area contributed by atoms with Gasteiger partial charge in [-0.1, -0.05) is 0 Å². The Morgan fingerprint density at radius 2 is 2.25 bits per heavy atom. The number of ether oxygens (including phenoxy) is 1. The number of carbonyl (C=O) groups is 1. The summed E-state index contributed by atoms with van der Waals surface area (Å²) in [6, 6.07) is -0.123. The molecule has 1 N–H and O–H groups in total. The van der Waals surface area contributed by atoms with E-state index in [2.05, 4.69) is 21.1 Å². The summed E-state index contributed by atoms with van der Waals surface area (Å²) in [6.45, 7) is 8.40. The van der Waals surface area contributed by atoms with Gasteiger partial charge in [0.2, 0.25) is 0 Å². The van der Waals surface area contributed by atoms with E-state index in [1.165, 1.54) is 0 Å². The van der Waals surface area contributed by atoms with Crippen molar-refractivity contribution in [3.63, 3.8) is 0 Å². The first-order chi connectivity index (χ1) is 9.33. The van der Waals surface area contributed by atoms with Crippen molar-refractivity contribution < 1.29 is 9.53 Å². The Hall–Kier alpha value is -1.17. The minimum absolute atomic E-state index is 0.123. The van der Waals surface area contributed by atoms with Crippen LogP contribution in [0.3, 0.4) is 0 Å². The molecule has 0 aliphatic heterocycles. The fraction of sp³-hybridized carbons (Fsp3) is 0.714. The molecule has 1 amide bonds. The molecule has 0 aliphatic carbocycles. The van der Waals surface area contributed by atoms with Crippen molar-refractivity contribution in [1.82, 2.24) is 14.9 Å². The molecule has 1 heterocycles. The van der Waals surface area contributed by atoms with Crippen molar-refractivity contribution in [3.05, 3.63) is 18.2 Å². The average Bonchev–Trinajstić information content (AvgIpc) is 2.75. The second kappa shape index (κ2) is 7.57. The first kappa shape index (κ1) is 16.9. The highest BCUT2D eigenvalue weighted by atomic mass is 32.2. The molecule has 0 bridgehead atoms. The van der Waals surface area contributed by atoms with Crippen molar-refractivity contribution in [2.45, 2.75) is 52.3 Å². The van der Waals surface area contributed by atoms with Crippen LogP contribution in [0.4, 0.5) is 4.79 Å². The van der Waals surface area contributed by atoms with E-state index in [9.17, 15) is 4.79 Å². The van der Waals surface area contributed by atoms with Crippen LogP contribution in [0, 0.1) is 0 Å². The Balaban J connectivity index is 2.57. The minimum Gasteiger partial charge on any atom is -0.444 e. The lowest BCUT2D eigenvalue weighted by molar-refractivity contribution is 0.0506. The summed E-state index contributed by atoms with van der Waals surface area (Å²) in [7, 11) is 0. The predicted octanol–water partition coefficient (Wildman–Crippen LogP) is 3.22. The second-order valence-electron chi connectivity index (χ2n) is 5.73. The largest absolute Gasteiger partial charge is 0.444 e. The standard InChI is InChI=1S/C14H25N3O2S/c1-11(16-13(18)19-14(2,3)4)12-9-15-10-17(12)7-6-8-20-5/h9-11H,6-8H2,1-5H3,(H,16,18)/t11-/m0/s1. The molecule has 6 heteroatoms. The normalized spacial score (nSPS) is 13.1. The average molecular weight is 299 g/mol. The predicted molar refractivity (Wildman–Crippen MR) is 83.0 cm³/mol. The van der Waals surface area contributed by atoms with Crippen LogP contribution in [-0.2, 0) is 11.3 Å². The number of amides is 1. The molecule has 114 valence electrons. The maximum Gasteiger partial charge on any atom is 0.408 e. The van der Waals surface area contributed by atoms with Gasteiger partial charge < -0.3 is 14.6 Å². The molecule has 0 fully saturated rings. The summed E-state index contributed by atoms with van der Waals surface area (Å²) in [4.78, 5) is 15.9. The van der Waals surface area contributed by atoms with Gasteiger partial charge in [-0.25, -0.2) is 9.78 Å². The summed E-state index contributed by atoms with van der Waals surface area (Å²) < 4.78 is 7.34. The van der Waals surface area contributed by atoms with E-state index in [0.717, 1.165) is 24.4 Å². The van der Waals surface area contributed by atoms with Gasteiger partial charge in [0, 0.05) is 6.54 Å². The molecule has 1 aromatic rings. The van der Waals surface area contributed by atoms with Gasteiger partial charge in [-0.3, -0.25) is 0 Å². The number of thioether (sulfide) groups is 1. The minimum atomic E-state index is -0.484. The number of nitrogens with one attached hydrogen (secondary N) is 1. The molecule has 0 unspecified atom stereocenters. The Morgan fingerprint density at radius 3 is 2.85 bits per heavy atom. The summed E-state index contributed by atoms with van der Waals surface area (Å²) >= 11 is 1.83. The molecule has 0 radical (unpaired) electrons. The fourth-order valence-electron chi connectivity index (χ4n) is 1.82. The first-order valence-corrected chi connectivity index (χ1v) is 8.21. The van der Waals surface area contributed by atoms with Gasteiger partial charge >= 0.3 is 6.09 Å². The molecule has 0 saturated heterocycles. The van der Waals surface area contributed by atoms with Crippen molar-refractivity contribution in [1.29, 1.82) is 0 Å². The molecule has 1 rings (SSSR count). The molecular weight excluding hydrogens is 274 g/mol. The summed E-state index contributed by atoms with van der Waals surface area (Å²) in [6.07, 6.45) is 6.39. The van der Waals surface area contributed by atoms with Crippen LogP contribution in [0.1, 0.15) is 45.9 Å². The van der Waals surface area contributed by atoms with Crippen molar-refractivity contribution in [2.75, 3.05) is 12.0 Å². The van der Waals surface area contributed by atoms with Crippen molar-refractivity contribution in [3.8, 4) is 0 Å². The third-order valence-corrected chi connectivity index (χ3v) is 3.37. The van der Waals surface area contributed by atoms with Crippen molar-refractivity contribution >= 4 is 17.9 Å². The highest BCUT2D eigenvalue weighted by molar-refractivity contribution is 7.98. The van der Waals surface area contributed by atoms with Gasteiger partial charge in [-0.15, -0.1) is 0 Å². The van der Waals surface area contributed by atoms with E-state index >= 15 is 0 Å². The third-order valence-electron chi connectivity index (χ3n) is 2.67. The van der Waals surface area contributed by atoms with Gasteiger partial charge in [0.25, 0.3) is 0 Å². The number of rotatable bonds is 6. The zero-order chi connectivity index (χ0) is 15.2. The van der Waals surface area contributed by atoms with Crippen LogP contribution in [0.5, 0.6) is 0 Å².